The molecule has 0 aliphatic heterocycles. The van der Waals surface area contributed by atoms with E-state index in [4.69, 9.17) is 0 Å². The summed E-state index contributed by atoms with van der Waals surface area (Å²) in [7, 11) is 1.86. The molecule has 1 atom stereocenters. The topological polar surface area (TPSA) is 67.2 Å². The number of hydrogen-bond acceptors (Lipinski definition) is 4. The second kappa shape index (κ2) is 5.55. The predicted molar refractivity (Wildman–Crippen MR) is 68.4 cm³/mol. The summed E-state index contributed by atoms with van der Waals surface area (Å²) in [5.74, 6) is -0.361. The van der Waals surface area contributed by atoms with Gasteiger partial charge in [-0.1, -0.05) is 6.92 Å². The zero-order valence-corrected chi connectivity index (χ0v) is 11.5. The molecule has 0 spiro atoms. The highest BCUT2D eigenvalue weighted by Gasteiger charge is 2.32. The number of nitrogens with zero attached hydrogens (tertiary/aromatic N) is 2. The second-order valence-electron chi connectivity index (χ2n) is 4.20. The van der Waals surface area contributed by atoms with Crippen LogP contribution in [0.4, 0.5) is 0 Å². The van der Waals surface area contributed by atoms with Crippen molar-refractivity contribution in [1.29, 1.82) is 0 Å². The van der Waals surface area contributed by atoms with Crippen LogP contribution in [0.3, 0.4) is 0 Å². The summed E-state index contributed by atoms with van der Waals surface area (Å²) in [5, 5.41) is 17.4. The standard InChI is InChI=1S/C11H19N3O2S/c1-5-12-11(3,10(15)16)7-17-9-6-8(2)13-14(9)4/h6,12H,5,7H2,1-4H3,(H,15,16). The van der Waals surface area contributed by atoms with E-state index in [-0.39, 0.29) is 0 Å². The van der Waals surface area contributed by atoms with Crippen LogP contribution >= 0.6 is 11.8 Å². The molecule has 1 heterocycles. The van der Waals surface area contributed by atoms with Crippen LogP contribution in [0.1, 0.15) is 19.5 Å². The van der Waals surface area contributed by atoms with E-state index in [1.54, 1.807) is 11.6 Å². The lowest BCUT2D eigenvalue weighted by molar-refractivity contribution is -0.143. The highest BCUT2D eigenvalue weighted by Crippen LogP contribution is 2.23. The van der Waals surface area contributed by atoms with Gasteiger partial charge in [0, 0.05) is 12.8 Å². The molecule has 0 saturated carbocycles. The first kappa shape index (κ1) is 14.1. The molecule has 0 saturated heterocycles. The number of likely N-dealkylation sites (N-methyl/N-ethyl adjacent to an activating group) is 1. The molecule has 0 fully saturated rings. The second-order valence-corrected chi connectivity index (χ2v) is 5.20. The molecule has 0 aromatic carbocycles. The molecular formula is C11H19N3O2S. The Kier molecular flexibility index (Phi) is 4.59. The average Bonchev–Trinajstić information content (AvgIpc) is 2.54. The van der Waals surface area contributed by atoms with Gasteiger partial charge < -0.3 is 10.4 Å². The SMILES string of the molecule is CCNC(C)(CSc1cc(C)nn1C)C(=O)O. The van der Waals surface area contributed by atoms with Crippen molar-refractivity contribution < 1.29 is 9.90 Å². The number of aryl methyl sites for hydroxylation is 2. The average molecular weight is 257 g/mol. The minimum Gasteiger partial charge on any atom is -0.480 e. The van der Waals surface area contributed by atoms with Gasteiger partial charge in [0.2, 0.25) is 0 Å². The van der Waals surface area contributed by atoms with Gasteiger partial charge in [-0.3, -0.25) is 9.48 Å². The third-order valence-corrected chi connectivity index (χ3v) is 3.91. The first-order chi connectivity index (χ1) is 7.89. The summed E-state index contributed by atoms with van der Waals surface area (Å²) in [6.07, 6.45) is 0. The van der Waals surface area contributed by atoms with Crippen LogP contribution in [0.2, 0.25) is 0 Å². The zero-order chi connectivity index (χ0) is 13.1. The normalized spacial score (nSPS) is 14.6. The van der Waals surface area contributed by atoms with Crippen molar-refractivity contribution >= 4 is 17.7 Å². The Morgan fingerprint density at radius 3 is 2.76 bits per heavy atom. The first-order valence-electron chi connectivity index (χ1n) is 5.51. The lowest BCUT2D eigenvalue weighted by Gasteiger charge is -2.25. The van der Waals surface area contributed by atoms with Crippen molar-refractivity contribution in [2.24, 2.45) is 7.05 Å². The lowest BCUT2D eigenvalue weighted by atomic mass is 10.1. The van der Waals surface area contributed by atoms with Gasteiger partial charge in [-0.05, 0) is 26.5 Å². The van der Waals surface area contributed by atoms with Gasteiger partial charge in [0.05, 0.1) is 10.7 Å². The Labute approximate surface area is 106 Å². The Hall–Kier alpha value is -1.01. The Morgan fingerprint density at radius 1 is 1.71 bits per heavy atom. The van der Waals surface area contributed by atoms with Crippen LogP contribution in [-0.4, -0.2) is 38.7 Å². The third-order valence-electron chi connectivity index (χ3n) is 2.51. The Bertz CT molecular complexity index is 405. The molecule has 0 aliphatic carbocycles. The van der Waals surface area contributed by atoms with Crippen LogP contribution in [-0.2, 0) is 11.8 Å². The summed E-state index contributed by atoms with van der Waals surface area (Å²) in [4.78, 5) is 11.2. The van der Waals surface area contributed by atoms with Gasteiger partial charge in [-0.25, -0.2) is 0 Å². The van der Waals surface area contributed by atoms with Crippen molar-refractivity contribution in [3.05, 3.63) is 11.8 Å². The fourth-order valence-electron chi connectivity index (χ4n) is 1.52. The quantitative estimate of drug-likeness (QED) is 0.751. The molecule has 0 amide bonds. The van der Waals surface area contributed by atoms with E-state index >= 15 is 0 Å². The van der Waals surface area contributed by atoms with Gasteiger partial charge in [-0.2, -0.15) is 5.10 Å². The van der Waals surface area contributed by atoms with Gasteiger partial charge in [0.15, 0.2) is 0 Å². The van der Waals surface area contributed by atoms with Crippen LogP contribution in [0.25, 0.3) is 0 Å². The van der Waals surface area contributed by atoms with Crippen molar-refractivity contribution in [3.8, 4) is 0 Å². The van der Waals surface area contributed by atoms with E-state index in [9.17, 15) is 9.90 Å². The minimum atomic E-state index is -0.905. The first-order valence-corrected chi connectivity index (χ1v) is 6.49. The summed E-state index contributed by atoms with van der Waals surface area (Å²) < 4.78 is 1.77. The van der Waals surface area contributed by atoms with Crippen molar-refractivity contribution in [2.75, 3.05) is 12.3 Å². The van der Waals surface area contributed by atoms with Gasteiger partial charge in [0.1, 0.15) is 5.54 Å². The lowest BCUT2D eigenvalue weighted by Crippen LogP contribution is -2.51. The van der Waals surface area contributed by atoms with E-state index in [0.717, 1.165) is 10.7 Å². The molecule has 0 bridgehead atoms. The Morgan fingerprint density at radius 2 is 2.35 bits per heavy atom. The number of thioether (sulfide) groups is 1. The van der Waals surface area contributed by atoms with Gasteiger partial charge in [-0.15, -0.1) is 11.8 Å². The Balaban J connectivity index is 2.70. The number of carboxylic acids is 1. The largest absolute Gasteiger partial charge is 0.480 e. The summed E-state index contributed by atoms with van der Waals surface area (Å²) in [5.41, 5.74) is 0.0351. The van der Waals surface area contributed by atoms with Gasteiger partial charge >= 0.3 is 5.97 Å². The fraction of sp³-hybridized carbons (Fsp3) is 0.636. The van der Waals surface area contributed by atoms with E-state index in [0.29, 0.717) is 12.3 Å². The smallest absolute Gasteiger partial charge is 0.324 e. The molecule has 5 nitrogen and oxygen atoms in total. The number of nitrogens with one attached hydrogen (secondary N) is 1. The summed E-state index contributed by atoms with van der Waals surface area (Å²) >= 11 is 1.50. The van der Waals surface area contributed by atoms with E-state index in [1.165, 1.54) is 11.8 Å². The highest BCUT2D eigenvalue weighted by molar-refractivity contribution is 7.99. The molecule has 0 radical (unpaired) electrons. The maximum absolute atomic E-state index is 11.2. The van der Waals surface area contributed by atoms with Crippen molar-refractivity contribution in [2.45, 2.75) is 31.3 Å². The molecule has 0 aliphatic rings. The maximum Gasteiger partial charge on any atom is 0.324 e. The van der Waals surface area contributed by atoms with Crippen LogP contribution in [0.5, 0.6) is 0 Å². The highest BCUT2D eigenvalue weighted by atomic mass is 32.2. The summed E-state index contributed by atoms with van der Waals surface area (Å²) in [6, 6.07) is 1.96. The van der Waals surface area contributed by atoms with Crippen LogP contribution in [0, 0.1) is 6.92 Å². The molecule has 6 heteroatoms. The number of rotatable bonds is 6. The molecule has 1 aromatic rings. The van der Waals surface area contributed by atoms with Crippen LogP contribution in [0.15, 0.2) is 11.1 Å². The number of aromatic nitrogens is 2. The van der Waals surface area contributed by atoms with Crippen molar-refractivity contribution in [3.63, 3.8) is 0 Å². The van der Waals surface area contributed by atoms with Crippen molar-refractivity contribution in [1.82, 2.24) is 15.1 Å². The monoisotopic (exact) mass is 257 g/mol. The fourth-order valence-corrected chi connectivity index (χ4v) is 2.66. The minimum absolute atomic E-state index is 0.467. The third kappa shape index (κ3) is 3.47. The molecule has 96 valence electrons. The molecular weight excluding hydrogens is 238 g/mol. The van der Waals surface area contributed by atoms with E-state index in [1.807, 2.05) is 27.0 Å². The van der Waals surface area contributed by atoms with Gasteiger partial charge in [0.25, 0.3) is 0 Å². The summed E-state index contributed by atoms with van der Waals surface area (Å²) in [6.45, 7) is 6.16. The molecule has 1 rings (SSSR count). The molecule has 2 N–H and O–H groups in total. The molecule has 1 aromatic heterocycles. The van der Waals surface area contributed by atoms with E-state index < -0.39 is 11.5 Å². The number of aliphatic carboxylic acids is 1. The van der Waals surface area contributed by atoms with E-state index in [2.05, 4.69) is 10.4 Å². The number of carboxylic acid groups (broad SMARTS) is 1. The molecule has 17 heavy (non-hydrogen) atoms. The predicted octanol–water partition coefficient (Wildman–Crippen LogP) is 1.27. The van der Waals surface area contributed by atoms with Crippen LogP contribution < -0.4 is 5.32 Å². The number of carbonyl (C=O) groups is 1. The zero-order valence-electron chi connectivity index (χ0n) is 10.6. The maximum atomic E-state index is 11.2. The number of hydrogen-bond donors (Lipinski definition) is 2. The molecule has 1 unspecified atom stereocenters.